The number of ether oxygens (including phenoxy) is 2. The fraction of sp³-hybridized carbons (Fsp3) is 0.300. The van der Waals surface area contributed by atoms with Crippen LogP contribution in [0.5, 0.6) is 11.5 Å². The second kappa shape index (κ2) is 9.15. The molecule has 0 fully saturated rings. The van der Waals surface area contributed by atoms with E-state index in [1.807, 2.05) is 31.0 Å². The Balaban J connectivity index is 1.75. The van der Waals surface area contributed by atoms with E-state index in [-0.39, 0.29) is 23.7 Å². The molecule has 9 heteroatoms. The second-order valence-electron chi connectivity index (χ2n) is 6.49. The average molecular weight is 421 g/mol. The van der Waals surface area contributed by atoms with Crippen molar-refractivity contribution in [3.8, 4) is 22.1 Å². The Labute approximate surface area is 170 Å². The van der Waals surface area contributed by atoms with Gasteiger partial charge in [0.2, 0.25) is 0 Å². The van der Waals surface area contributed by atoms with E-state index in [9.17, 15) is 13.6 Å². The summed E-state index contributed by atoms with van der Waals surface area (Å²) in [5.41, 5.74) is 1.25. The lowest BCUT2D eigenvalue weighted by Crippen LogP contribution is -2.31. The van der Waals surface area contributed by atoms with Crippen molar-refractivity contribution in [3.63, 3.8) is 0 Å². The van der Waals surface area contributed by atoms with Crippen molar-refractivity contribution in [2.45, 2.75) is 26.7 Å². The fourth-order valence-corrected chi connectivity index (χ4v) is 3.68. The Morgan fingerprint density at radius 3 is 2.62 bits per heavy atom. The van der Waals surface area contributed by atoms with Gasteiger partial charge in [-0.25, -0.2) is 4.68 Å². The lowest BCUT2D eigenvalue weighted by atomic mass is 10.2. The van der Waals surface area contributed by atoms with E-state index >= 15 is 0 Å². The molecule has 0 atom stereocenters. The molecule has 1 aromatic carbocycles. The lowest BCUT2D eigenvalue weighted by Gasteiger charge is -2.19. The summed E-state index contributed by atoms with van der Waals surface area (Å²) in [4.78, 5) is 16.2. The van der Waals surface area contributed by atoms with E-state index < -0.39 is 6.61 Å². The minimum atomic E-state index is -2.94. The Bertz CT molecular complexity index is 1040. The van der Waals surface area contributed by atoms with Gasteiger partial charge in [0.05, 0.1) is 18.7 Å². The Hall–Kier alpha value is -2.78. The Morgan fingerprint density at radius 1 is 1.17 bits per heavy atom. The first-order valence-electron chi connectivity index (χ1n) is 8.81. The van der Waals surface area contributed by atoms with Crippen LogP contribution in [0.4, 0.5) is 8.78 Å². The summed E-state index contributed by atoms with van der Waals surface area (Å²) in [5.74, 6) is 0.201. The summed E-state index contributed by atoms with van der Waals surface area (Å²) in [6.07, 6.45) is 0. The molecule has 154 valence electrons. The van der Waals surface area contributed by atoms with Crippen LogP contribution in [0, 0.1) is 6.92 Å². The van der Waals surface area contributed by atoms with Gasteiger partial charge in [0.25, 0.3) is 5.56 Å². The SMILES string of the molecule is COc1ccc(CN(C)Cn2nc(-c3ccc(C)s3)ccc2=O)cc1OC(F)F. The molecular formula is C20H21F2N3O3S. The number of thiophene rings is 1. The molecule has 0 aliphatic carbocycles. The lowest BCUT2D eigenvalue weighted by molar-refractivity contribution is -0.0512. The summed E-state index contributed by atoms with van der Waals surface area (Å²) in [5, 5.41) is 4.45. The Kier molecular flexibility index (Phi) is 6.60. The number of rotatable bonds is 8. The van der Waals surface area contributed by atoms with Crippen LogP contribution in [0.3, 0.4) is 0 Å². The molecule has 0 bridgehead atoms. The molecular weight excluding hydrogens is 400 g/mol. The molecule has 6 nitrogen and oxygen atoms in total. The first-order chi connectivity index (χ1) is 13.9. The molecule has 0 saturated heterocycles. The van der Waals surface area contributed by atoms with Gasteiger partial charge in [-0.05, 0) is 49.9 Å². The first kappa shape index (κ1) is 20.9. The third-order valence-electron chi connectivity index (χ3n) is 4.13. The monoisotopic (exact) mass is 421 g/mol. The first-order valence-corrected chi connectivity index (χ1v) is 9.62. The smallest absolute Gasteiger partial charge is 0.387 e. The molecule has 0 N–H and O–H groups in total. The van der Waals surface area contributed by atoms with Gasteiger partial charge < -0.3 is 9.47 Å². The highest BCUT2D eigenvalue weighted by molar-refractivity contribution is 7.15. The highest BCUT2D eigenvalue weighted by Gasteiger charge is 2.13. The van der Waals surface area contributed by atoms with Crippen molar-refractivity contribution >= 4 is 11.3 Å². The largest absolute Gasteiger partial charge is 0.493 e. The molecule has 0 unspecified atom stereocenters. The number of nitrogens with zero attached hydrogens (tertiary/aromatic N) is 3. The Morgan fingerprint density at radius 2 is 1.97 bits per heavy atom. The number of aryl methyl sites for hydroxylation is 1. The predicted octanol–water partition coefficient (Wildman–Crippen LogP) is 3.98. The van der Waals surface area contributed by atoms with Crippen molar-refractivity contribution in [1.82, 2.24) is 14.7 Å². The van der Waals surface area contributed by atoms with Crippen molar-refractivity contribution in [2.75, 3.05) is 14.2 Å². The van der Waals surface area contributed by atoms with Gasteiger partial charge in [-0.15, -0.1) is 11.3 Å². The topological polar surface area (TPSA) is 56.6 Å². The third kappa shape index (κ3) is 5.39. The zero-order valence-electron chi connectivity index (χ0n) is 16.3. The van der Waals surface area contributed by atoms with Gasteiger partial charge in [-0.3, -0.25) is 9.69 Å². The second-order valence-corrected chi connectivity index (χ2v) is 7.77. The molecule has 2 heterocycles. The van der Waals surface area contributed by atoms with Crippen molar-refractivity contribution in [2.24, 2.45) is 0 Å². The number of hydrogen-bond donors (Lipinski definition) is 0. The maximum Gasteiger partial charge on any atom is 0.387 e. The number of halogens is 2. The van der Waals surface area contributed by atoms with Gasteiger partial charge in [0.15, 0.2) is 11.5 Å². The van der Waals surface area contributed by atoms with Gasteiger partial charge in [0.1, 0.15) is 5.69 Å². The highest BCUT2D eigenvalue weighted by atomic mass is 32.1. The van der Waals surface area contributed by atoms with Crippen LogP contribution in [-0.2, 0) is 13.2 Å². The van der Waals surface area contributed by atoms with E-state index in [1.165, 1.54) is 23.9 Å². The molecule has 0 amide bonds. The number of aromatic nitrogens is 2. The molecule has 3 aromatic rings. The summed E-state index contributed by atoms with van der Waals surface area (Å²) < 4.78 is 36.2. The van der Waals surface area contributed by atoms with Crippen LogP contribution in [0.15, 0.2) is 47.3 Å². The molecule has 0 aliphatic heterocycles. The van der Waals surface area contributed by atoms with Crippen molar-refractivity contribution in [1.29, 1.82) is 0 Å². The summed E-state index contributed by atoms with van der Waals surface area (Å²) in [7, 11) is 3.20. The van der Waals surface area contributed by atoms with E-state index in [4.69, 9.17) is 4.74 Å². The molecule has 29 heavy (non-hydrogen) atoms. The molecule has 3 rings (SSSR count). The minimum absolute atomic E-state index is 0.0289. The third-order valence-corrected chi connectivity index (χ3v) is 5.15. The number of alkyl halides is 2. The van der Waals surface area contributed by atoms with Crippen LogP contribution < -0.4 is 15.0 Å². The van der Waals surface area contributed by atoms with Gasteiger partial charge in [-0.2, -0.15) is 13.9 Å². The molecule has 0 saturated carbocycles. The molecule has 0 aliphatic rings. The maximum absolute atomic E-state index is 12.6. The average Bonchev–Trinajstić information content (AvgIpc) is 3.09. The maximum atomic E-state index is 12.6. The summed E-state index contributed by atoms with van der Waals surface area (Å²) >= 11 is 1.61. The van der Waals surface area contributed by atoms with E-state index in [0.29, 0.717) is 6.54 Å². The van der Waals surface area contributed by atoms with Gasteiger partial charge >= 0.3 is 6.61 Å². The van der Waals surface area contributed by atoms with Gasteiger partial charge in [0, 0.05) is 17.5 Å². The number of methoxy groups -OCH3 is 1. The zero-order chi connectivity index (χ0) is 21.0. The minimum Gasteiger partial charge on any atom is -0.493 e. The quantitative estimate of drug-likeness (QED) is 0.551. The highest BCUT2D eigenvalue weighted by Crippen LogP contribution is 2.30. The normalized spacial score (nSPS) is 11.3. The number of benzene rings is 1. The molecule has 2 aromatic heterocycles. The van der Waals surface area contributed by atoms with Crippen LogP contribution in [-0.4, -0.2) is 35.4 Å². The van der Waals surface area contributed by atoms with Crippen LogP contribution in [0.25, 0.3) is 10.6 Å². The van der Waals surface area contributed by atoms with Gasteiger partial charge in [-0.1, -0.05) is 6.07 Å². The van der Waals surface area contributed by atoms with Crippen LogP contribution >= 0.6 is 11.3 Å². The van der Waals surface area contributed by atoms with Crippen LogP contribution in [0.1, 0.15) is 10.4 Å². The molecule has 0 spiro atoms. The standard InChI is InChI=1S/C20H21F2N3O3S/c1-13-4-8-18(29-13)15-6-9-19(26)25(23-15)12-24(2)11-14-5-7-16(27-3)17(10-14)28-20(21)22/h4-10,20H,11-12H2,1-3H3. The zero-order valence-corrected chi connectivity index (χ0v) is 17.1. The number of hydrogen-bond acceptors (Lipinski definition) is 6. The predicted molar refractivity (Wildman–Crippen MR) is 108 cm³/mol. The summed E-state index contributed by atoms with van der Waals surface area (Å²) in [6.45, 7) is -0.282. The summed E-state index contributed by atoms with van der Waals surface area (Å²) in [6, 6.07) is 12.0. The fourth-order valence-electron chi connectivity index (χ4n) is 2.85. The van der Waals surface area contributed by atoms with Crippen LogP contribution in [0.2, 0.25) is 0 Å². The van der Waals surface area contributed by atoms with Crippen molar-refractivity contribution < 1.29 is 18.3 Å². The van der Waals surface area contributed by atoms with Crippen molar-refractivity contribution in [3.05, 3.63) is 63.3 Å². The van der Waals surface area contributed by atoms with E-state index in [2.05, 4.69) is 9.84 Å². The van der Waals surface area contributed by atoms with E-state index in [1.54, 1.807) is 29.5 Å². The van der Waals surface area contributed by atoms with E-state index in [0.717, 1.165) is 21.0 Å². The molecule has 0 radical (unpaired) electrons.